The highest BCUT2D eigenvalue weighted by molar-refractivity contribution is 5.91. The molecule has 1 aromatic carbocycles. The van der Waals surface area contributed by atoms with Crippen LogP contribution in [0.5, 0.6) is 5.75 Å². The molecular formula is C32H28F2N8O3. The highest BCUT2D eigenvalue weighted by Gasteiger charge is 2.38. The zero-order chi connectivity index (χ0) is 31.6. The first-order chi connectivity index (χ1) is 21.7. The van der Waals surface area contributed by atoms with Gasteiger partial charge in [-0.3, -0.25) is 4.79 Å². The lowest BCUT2D eigenvalue weighted by Gasteiger charge is -2.40. The van der Waals surface area contributed by atoms with Gasteiger partial charge in [0.15, 0.2) is 11.5 Å². The molecule has 3 aromatic heterocycles. The lowest BCUT2D eigenvalue weighted by Crippen LogP contribution is -2.54. The number of piperazine rings is 1. The molecule has 0 radical (unpaired) electrons. The minimum absolute atomic E-state index is 0.00113. The van der Waals surface area contributed by atoms with E-state index < -0.39 is 34.3 Å². The summed E-state index contributed by atoms with van der Waals surface area (Å²) >= 11 is 0. The van der Waals surface area contributed by atoms with Crippen LogP contribution in [0.1, 0.15) is 61.7 Å². The second kappa shape index (κ2) is 10.7. The van der Waals surface area contributed by atoms with Crippen LogP contribution < -0.4 is 10.6 Å². The molecule has 4 aromatic rings. The molecular weight excluding hydrogens is 582 g/mol. The van der Waals surface area contributed by atoms with Crippen molar-refractivity contribution in [3.63, 3.8) is 0 Å². The molecule has 45 heavy (non-hydrogen) atoms. The molecule has 228 valence electrons. The van der Waals surface area contributed by atoms with E-state index in [2.05, 4.69) is 26.5 Å². The van der Waals surface area contributed by atoms with Crippen molar-refractivity contribution < 1.29 is 18.7 Å². The molecule has 0 unspecified atom stereocenters. The fourth-order valence-electron chi connectivity index (χ4n) is 6.10. The molecule has 7 rings (SSSR count). The van der Waals surface area contributed by atoms with E-state index in [9.17, 15) is 20.0 Å². The summed E-state index contributed by atoms with van der Waals surface area (Å²) in [7, 11) is 0. The van der Waals surface area contributed by atoms with Gasteiger partial charge in [-0.05, 0) is 56.9 Å². The Morgan fingerprint density at radius 1 is 1.07 bits per heavy atom. The van der Waals surface area contributed by atoms with E-state index in [0.29, 0.717) is 36.7 Å². The summed E-state index contributed by atoms with van der Waals surface area (Å²) in [4.78, 5) is 48.0. The van der Waals surface area contributed by atoms with Crippen LogP contribution in [0.3, 0.4) is 0 Å². The van der Waals surface area contributed by atoms with E-state index in [1.807, 2.05) is 17.9 Å². The third-order valence-electron chi connectivity index (χ3n) is 8.61. The van der Waals surface area contributed by atoms with Gasteiger partial charge in [-0.15, -0.1) is 0 Å². The van der Waals surface area contributed by atoms with E-state index in [1.54, 1.807) is 4.90 Å². The molecule has 1 N–H and O–H groups in total. The van der Waals surface area contributed by atoms with Crippen molar-refractivity contribution in [1.82, 2.24) is 29.4 Å². The van der Waals surface area contributed by atoms with Crippen LogP contribution in [-0.4, -0.2) is 66.1 Å². The SMILES string of the molecule is C=CC(=O)N1CCN(c2nc(=O)n(-c3c(C4CC4)nc(C#N)nc3C3CC3)c3nc(-c4c(O)cccc4F)c(F)cc23)[C@@H](C)C1. The molecule has 0 spiro atoms. The Kier molecular flexibility index (Phi) is 6.80. The molecule has 11 nitrogen and oxygen atoms in total. The van der Waals surface area contributed by atoms with Crippen LogP contribution in [0, 0.1) is 23.0 Å². The van der Waals surface area contributed by atoms with Crippen molar-refractivity contribution >= 4 is 22.8 Å². The summed E-state index contributed by atoms with van der Waals surface area (Å²) in [5.74, 6) is -2.42. The van der Waals surface area contributed by atoms with Gasteiger partial charge in [-0.25, -0.2) is 33.1 Å². The van der Waals surface area contributed by atoms with Crippen LogP contribution >= 0.6 is 0 Å². The predicted octanol–water partition coefficient (Wildman–Crippen LogP) is 4.07. The monoisotopic (exact) mass is 610 g/mol. The third kappa shape index (κ3) is 4.86. The fraction of sp³-hybridized carbons (Fsp3) is 0.344. The number of halogens is 2. The number of pyridine rings is 1. The lowest BCUT2D eigenvalue weighted by molar-refractivity contribution is -0.126. The average Bonchev–Trinajstić information content (AvgIpc) is 3.95. The summed E-state index contributed by atoms with van der Waals surface area (Å²) in [6.07, 6.45) is 4.46. The van der Waals surface area contributed by atoms with Crippen molar-refractivity contribution in [1.29, 1.82) is 5.26 Å². The number of nitriles is 1. The molecule has 3 fully saturated rings. The number of rotatable bonds is 6. The Balaban J connectivity index is 1.52. The molecule has 13 heteroatoms. The lowest BCUT2D eigenvalue weighted by atomic mass is 10.1. The molecule has 2 saturated carbocycles. The number of aromatic hydroxyl groups is 1. The number of phenolic OH excluding ortho intramolecular Hbond substituents is 1. The number of nitrogens with zero attached hydrogens (tertiary/aromatic N) is 8. The molecule has 0 bridgehead atoms. The molecule has 3 aliphatic rings. The van der Waals surface area contributed by atoms with Crippen LogP contribution in [-0.2, 0) is 4.79 Å². The van der Waals surface area contributed by atoms with Crippen LogP contribution in [0.25, 0.3) is 28.0 Å². The van der Waals surface area contributed by atoms with Gasteiger partial charge in [-0.2, -0.15) is 10.2 Å². The first kappa shape index (κ1) is 28.5. The standard InChI is InChI=1S/C32H28F2N8O3/c1-3-24(44)40-11-12-41(16(2)15-40)30-19-13-21(34)28(25-20(33)5-4-6-22(25)43)38-31(19)42(32(45)39-30)29-26(17-7-8-17)36-23(14-35)37-27(29)18-9-10-18/h3-6,13,16-18,43H,1,7-12,15H2,2H3/t16-/m0/s1. The van der Waals surface area contributed by atoms with Crippen LogP contribution in [0.4, 0.5) is 14.6 Å². The Morgan fingerprint density at radius 3 is 2.33 bits per heavy atom. The molecule has 1 atom stereocenters. The highest BCUT2D eigenvalue weighted by Crippen LogP contribution is 2.48. The maximum absolute atomic E-state index is 16.0. The maximum Gasteiger partial charge on any atom is 0.355 e. The Hall–Kier alpha value is -5.25. The van der Waals surface area contributed by atoms with E-state index in [1.165, 1.54) is 22.8 Å². The van der Waals surface area contributed by atoms with E-state index in [4.69, 9.17) is 0 Å². The number of aromatic nitrogens is 5. The molecule has 4 heterocycles. The van der Waals surface area contributed by atoms with Crippen LogP contribution in [0.2, 0.25) is 0 Å². The smallest absolute Gasteiger partial charge is 0.355 e. The third-order valence-corrected chi connectivity index (χ3v) is 8.61. The van der Waals surface area contributed by atoms with E-state index >= 15 is 8.78 Å². The number of phenols is 1. The maximum atomic E-state index is 16.0. The number of anilines is 1. The second-order valence-electron chi connectivity index (χ2n) is 11.7. The van der Waals surface area contributed by atoms with Gasteiger partial charge >= 0.3 is 5.69 Å². The zero-order valence-corrected chi connectivity index (χ0v) is 24.4. The summed E-state index contributed by atoms with van der Waals surface area (Å²) in [6, 6.07) is 6.47. The number of hydrogen-bond acceptors (Lipinski definition) is 9. The van der Waals surface area contributed by atoms with Crippen molar-refractivity contribution in [3.05, 3.63) is 76.3 Å². The molecule has 1 saturated heterocycles. The largest absolute Gasteiger partial charge is 0.507 e. The van der Waals surface area contributed by atoms with Gasteiger partial charge in [0.05, 0.1) is 28.0 Å². The molecule has 1 aliphatic heterocycles. The summed E-state index contributed by atoms with van der Waals surface area (Å²) in [6.45, 7) is 6.35. The van der Waals surface area contributed by atoms with E-state index in [-0.39, 0.29) is 46.5 Å². The number of fused-ring (bicyclic) bond motifs is 1. The summed E-state index contributed by atoms with van der Waals surface area (Å²) in [5, 5.41) is 20.4. The minimum Gasteiger partial charge on any atom is -0.507 e. The Morgan fingerprint density at radius 2 is 1.76 bits per heavy atom. The number of hydrogen-bond donors (Lipinski definition) is 1. The fourth-order valence-corrected chi connectivity index (χ4v) is 6.10. The van der Waals surface area contributed by atoms with Crippen LogP contribution in [0.15, 0.2) is 41.7 Å². The van der Waals surface area contributed by atoms with Gasteiger partial charge < -0.3 is 14.9 Å². The number of benzene rings is 1. The van der Waals surface area contributed by atoms with Crippen molar-refractivity contribution in [3.8, 4) is 28.8 Å². The average molecular weight is 611 g/mol. The first-order valence-electron chi connectivity index (χ1n) is 14.8. The van der Waals surface area contributed by atoms with Gasteiger partial charge in [0, 0.05) is 37.5 Å². The van der Waals surface area contributed by atoms with Crippen molar-refractivity contribution in [2.45, 2.75) is 50.5 Å². The van der Waals surface area contributed by atoms with Crippen molar-refractivity contribution in [2.75, 3.05) is 24.5 Å². The number of carbonyl (C=O) groups is 1. The number of amides is 1. The molecule has 1 amide bonds. The molecule has 2 aliphatic carbocycles. The van der Waals surface area contributed by atoms with Gasteiger partial charge in [0.2, 0.25) is 11.7 Å². The minimum atomic E-state index is -0.926. The normalized spacial score (nSPS) is 18.2. The first-order valence-corrected chi connectivity index (χ1v) is 14.8. The van der Waals surface area contributed by atoms with Gasteiger partial charge in [0.25, 0.3) is 0 Å². The van der Waals surface area contributed by atoms with Crippen molar-refractivity contribution in [2.24, 2.45) is 0 Å². The second-order valence-corrected chi connectivity index (χ2v) is 11.7. The van der Waals surface area contributed by atoms with Gasteiger partial charge in [0.1, 0.15) is 29.1 Å². The Bertz CT molecular complexity index is 1960. The van der Waals surface area contributed by atoms with E-state index in [0.717, 1.165) is 37.8 Å². The highest BCUT2D eigenvalue weighted by atomic mass is 19.1. The number of carbonyl (C=O) groups excluding carboxylic acids is 1. The predicted molar refractivity (Wildman–Crippen MR) is 160 cm³/mol. The summed E-state index contributed by atoms with van der Waals surface area (Å²) < 4.78 is 32.3. The Labute approximate surface area is 256 Å². The quantitative estimate of drug-likeness (QED) is 0.320. The zero-order valence-electron chi connectivity index (χ0n) is 24.4. The summed E-state index contributed by atoms with van der Waals surface area (Å²) in [5.41, 5.74) is -0.258. The van der Waals surface area contributed by atoms with Gasteiger partial charge in [-0.1, -0.05) is 12.6 Å². The topological polar surface area (TPSA) is 141 Å².